The van der Waals surface area contributed by atoms with Crippen molar-refractivity contribution in [3.8, 4) is 0 Å². The molecule has 0 fully saturated rings. The van der Waals surface area contributed by atoms with E-state index < -0.39 is 0 Å². The summed E-state index contributed by atoms with van der Waals surface area (Å²) in [6.07, 6.45) is 3.71. The highest BCUT2D eigenvalue weighted by Crippen LogP contribution is 2.27. The average molecular weight is 348 g/mol. The first kappa shape index (κ1) is 16.0. The summed E-state index contributed by atoms with van der Waals surface area (Å²) in [6.45, 7) is 6.05. The molecular weight excluding hydrogens is 326 g/mol. The molecule has 1 aromatic heterocycles. The zero-order chi connectivity index (χ0) is 15.2. The molecule has 112 valence electrons. The summed E-state index contributed by atoms with van der Waals surface area (Å²) in [5.74, 6) is 0. The van der Waals surface area contributed by atoms with E-state index >= 15 is 0 Å². The van der Waals surface area contributed by atoms with Crippen molar-refractivity contribution in [2.75, 3.05) is 11.9 Å². The van der Waals surface area contributed by atoms with E-state index in [4.69, 9.17) is 0 Å². The van der Waals surface area contributed by atoms with Crippen LogP contribution in [0.2, 0.25) is 0 Å². The molecule has 1 heterocycles. The summed E-state index contributed by atoms with van der Waals surface area (Å²) in [6, 6.07) is 11.1. The first-order valence-corrected chi connectivity index (χ1v) is 7.97. The van der Waals surface area contributed by atoms with Gasteiger partial charge in [-0.3, -0.25) is 4.98 Å². The lowest BCUT2D eigenvalue weighted by atomic mass is 10.1. The van der Waals surface area contributed by atoms with Gasteiger partial charge in [0.15, 0.2) is 0 Å². The molecule has 21 heavy (non-hydrogen) atoms. The largest absolute Gasteiger partial charge is 0.369 e. The summed E-state index contributed by atoms with van der Waals surface area (Å²) in [4.78, 5) is 6.39. The standard InChI is InChI=1S/C17H22BrN3/c1-13(2)20-11-14-6-7-17(16(18)9-14)21(3)12-15-5-4-8-19-10-15/h4-10,13,20H,11-12H2,1-3H3. The van der Waals surface area contributed by atoms with E-state index in [9.17, 15) is 0 Å². The first-order chi connectivity index (χ1) is 10.1. The van der Waals surface area contributed by atoms with Crippen molar-refractivity contribution in [2.45, 2.75) is 33.0 Å². The minimum absolute atomic E-state index is 0.497. The predicted octanol–water partition coefficient (Wildman–Crippen LogP) is 3.98. The fourth-order valence-electron chi connectivity index (χ4n) is 2.14. The van der Waals surface area contributed by atoms with Crippen LogP contribution in [0, 0.1) is 0 Å². The van der Waals surface area contributed by atoms with E-state index in [0.29, 0.717) is 6.04 Å². The van der Waals surface area contributed by atoms with E-state index in [1.807, 2.05) is 12.3 Å². The van der Waals surface area contributed by atoms with Crippen LogP contribution in [0.3, 0.4) is 0 Å². The van der Waals surface area contributed by atoms with E-state index in [1.54, 1.807) is 6.20 Å². The number of halogens is 1. The number of rotatable bonds is 6. The Hall–Kier alpha value is -1.39. The van der Waals surface area contributed by atoms with Crippen LogP contribution < -0.4 is 10.2 Å². The third-order valence-electron chi connectivity index (χ3n) is 3.28. The Labute approximate surface area is 135 Å². The number of aromatic nitrogens is 1. The highest BCUT2D eigenvalue weighted by Gasteiger charge is 2.08. The Morgan fingerprint density at radius 3 is 2.67 bits per heavy atom. The molecule has 0 spiro atoms. The summed E-state index contributed by atoms with van der Waals surface area (Å²) >= 11 is 3.68. The molecule has 0 aliphatic rings. The zero-order valence-corrected chi connectivity index (χ0v) is 14.4. The molecule has 0 aliphatic heterocycles. The molecule has 0 bridgehead atoms. The van der Waals surface area contributed by atoms with Crippen LogP contribution in [-0.2, 0) is 13.1 Å². The van der Waals surface area contributed by atoms with Crippen molar-refractivity contribution in [2.24, 2.45) is 0 Å². The van der Waals surface area contributed by atoms with Crippen molar-refractivity contribution < 1.29 is 0 Å². The molecule has 3 nitrogen and oxygen atoms in total. The molecule has 0 atom stereocenters. The minimum Gasteiger partial charge on any atom is -0.369 e. The molecule has 0 amide bonds. The molecular formula is C17H22BrN3. The first-order valence-electron chi connectivity index (χ1n) is 7.18. The molecule has 0 radical (unpaired) electrons. The van der Waals surface area contributed by atoms with Crippen LogP contribution in [0.1, 0.15) is 25.0 Å². The van der Waals surface area contributed by atoms with Crippen LogP contribution >= 0.6 is 15.9 Å². The maximum atomic E-state index is 4.16. The molecule has 0 aliphatic carbocycles. The third kappa shape index (κ3) is 4.83. The van der Waals surface area contributed by atoms with Gasteiger partial charge in [-0.2, -0.15) is 0 Å². The van der Waals surface area contributed by atoms with Crippen molar-refractivity contribution in [1.82, 2.24) is 10.3 Å². The third-order valence-corrected chi connectivity index (χ3v) is 3.92. The van der Waals surface area contributed by atoms with Gasteiger partial charge in [0.2, 0.25) is 0 Å². The van der Waals surface area contributed by atoms with E-state index in [0.717, 1.165) is 17.6 Å². The topological polar surface area (TPSA) is 28.2 Å². The van der Waals surface area contributed by atoms with Crippen molar-refractivity contribution in [1.29, 1.82) is 0 Å². The summed E-state index contributed by atoms with van der Waals surface area (Å²) in [7, 11) is 2.10. The van der Waals surface area contributed by atoms with E-state index in [-0.39, 0.29) is 0 Å². The second-order valence-corrected chi connectivity index (χ2v) is 6.39. The monoisotopic (exact) mass is 347 g/mol. The second kappa shape index (κ2) is 7.57. The fourth-order valence-corrected chi connectivity index (χ4v) is 2.87. The van der Waals surface area contributed by atoms with Crippen molar-refractivity contribution in [3.63, 3.8) is 0 Å². The SMILES string of the molecule is CC(C)NCc1ccc(N(C)Cc2cccnc2)c(Br)c1. The van der Waals surface area contributed by atoms with Crippen LogP contribution in [-0.4, -0.2) is 18.1 Å². The lowest BCUT2D eigenvalue weighted by molar-refractivity contribution is 0.589. The van der Waals surface area contributed by atoms with Gasteiger partial charge < -0.3 is 10.2 Å². The normalized spacial score (nSPS) is 10.9. The number of hydrogen-bond acceptors (Lipinski definition) is 3. The molecule has 2 aromatic rings. The Kier molecular flexibility index (Phi) is 5.76. The highest BCUT2D eigenvalue weighted by molar-refractivity contribution is 9.10. The number of anilines is 1. The van der Waals surface area contributed by atoms with Gasteiger partial charge in [-0.15, -0.1) is 0 Å². The van der Waals surface area contributed by atoms with Crippen molar-refractivity contribution in [3.05, 3.63) is 58.3 Å². The molecule has 2 rings (SSSR count). The zero-order valence-electron chi connectivity index (χ0n) is 12.8. The molecule has 0 unspecified atom stereocenters. The maximum Gasteiger partial charge on any atom is 0.0511 e. The molecule has 1 aromatic carbocycles. The smallest absolute Gasteiger partial charge is 0.0511 e. The Bertz CT molecular complexity index is 570. The van der Waals surface area contributed by atoms with E-state index in [2.05, 4.69) is 76.3 Å². The predicted molar refractivity (Wildman–Crippen MR) is 92.5 cm³/mol. The quantitative estimate of drug-likeness (QED) is 0.856. The Balaban J connectivity index is 2.06. The lowest BCUT2D eigenvalue weighted by Gasteiger charge is -2.21. The van der Waals surface area contributed by atoms with Gasteiger partial charge in [0.05, 0.1) is 5.69 Å². The van der Waals surface area contributed by atoms with Crippen LogP contribution in [0.15, 0.2) is 47.2 Å². The van der Waals surface area contributed by atoms with Crippen LogP contribution in [0.4, 0.5) is 5.69 Å². The minimum atomic E-state index is 0.497. The highest BCUT2D eigenvalue weighted by atomic mass is 79.9. The van der Waals surface area contributed by atoms with Crippen molar-refractivity contribution >= 4 is 21.6 Å². The number of hydrogen-bond donors (Lipinski definition) is 1. The van der Waals surface area contributed by atoms with Gasteiger partial charge in [0.1, 0.15) is 0 Å². The summed E-state index contributed by atoms with van der Waals surface area (Å²) < 4.78 is 1.12. The second-order valence-electron chi connectivity index (χ2n) is 5.54. The number of pyridine rings is 1. The van der Waals surface area contributed by atoms with Gasteiger partial charge >= 0.3 is 0 Å². The molecule has 1 N–H and O–H groups in total. The number of benzene rings is 1. The van der Waals surface area contributed by atoms with Gasteiger partial charge in [0.25, 0.3) is 0 Å². The molecule has 4 heteroatoms. The lowest BCUT2D eigenvalue weighted by Crippen LogP contribution is -2.22. The fraction of sp³-hybridized carbons (Fsp3) is 0.353. The van der Waals surface area contributed by atoms with Gasteiger partial charge in [-0.1, -0.05) is 26.0 Å². The Morgan fingerprint density at radius 1 is 1.24 bits per heavy atom. The maximum absolute atomic E-state index is 4.16. The summed E-state index contributed by atoms with van der Waals surface area (Å²) in [5, 5.41) is 3.43. The molecule has 0 saturated heterocycles. The van der Waals surface area contributed by atoms with Gasteiger partial charge in [0, 0.05) is 43.0 Å². The average Bonchev–Trinajstić information content (AvgIpc) is 2.46. The van der Waals surface area contributed by atoms with Crippen LogP contribution in [0.25, 0.3) is 0 Å². The summed E-state index contributed by atoms with van der Waals surface area (Å²) in [5.41, 5.74) is 3.68. The number of nitrogens with one attached hydrogen (secondary N) is 1. The van der Waals surface area contributed by atoms with Gasteiger partial charge in [-0.05, 0) is 45.3 Å². The Morgan fingerprint density at radius 2 is 2.05 bits per heavy atom. The molecule has 0 saturated carbocycles. The number of nitrogens with zero attached hydrogens (tertiary/aromatic N) is 2. The van der Waals surface area contributed by atoms with Gasteiger partial charge in [-0.25, -0.2) is 0 Å². The van der Waals surface area contributed by atoms with Crippen LogP contribution in [0.5, 0.6) is 0 Å². The van der Waals surface area contributed by atoms with E-state index in [1.165, 1.54) is 16.8 Å².